The van der Waals surface area contributed by atoms with E-state index in [9.17, 15) is 9.90 Å². The highest BCUT2D eigenvalue weighted by molar-refractivity contribution is 6.05. The molecule has 0 saturated carbocycles. The van der Waals surface area contributed by atoms with Gasteiger partial charge < -0.3 is 14.7 Å². The van der Waals surface area contributed by atoms with Gasteiger partial charge in [0.15, 0.2) is 11.4 Å². The first-order valence-electron chi connectivity index (χ1n) is 11.7. The number of aryl methyl sites for hydroxylation is 2. The van der Waals surface area contributed by atoms with Crippen LogP contribution in [0.1, 0.15) is 46.9 Å². The van der Waals surface area contributed by atoms with Crippen molar-refractivity contribution in [1.29, 1.82) is 0 Å². The highest BCUT2D eigenvalue weighted by atomic mass is 16.3. The molecule has 0 aliphatic carbocycles. The molecule has 0 saturated heterocycles. The fourth-order valence-electron chi connectivity index (χ4n) is 4.43. The number of rotatable bonds is 7. The maximum absolute atomic E-state index is 13.0. The highest BCUT2D eigenvalue weighted by Gasteiger charge is 2.38. The largest absolute Gasteiger partial charge is 0.373 e. The van der Waals surface area contributed by atoms with Gasteiger partial charge in [0.25, 0.3) is 5.91 Å². The van der Waals surface area contributed by atoms with E-state index in [0.29, 0.717) is 29.4 Å². The van der Waals surface area contributed by atoms with E-state index in [-0.39, 0.29) is 5.91 Å². The lowest BCUT2D eigenvalue weighted by Gasteiger charge is -2.29. The van der Waals surface area contributed by atoms with E-state index in [4.69, 9.17) is 4.98 Å². The van der Waals surface area contributed by atoms with Crippen LogP contribution in [-0.4, -0.2) is 30.5 Å². The van der Waals surface area contributed by atoms with Crippen molar-refractivity contribution in [2.24, 2.45) is 0 Å². The van der Waals surface area contributed by atoms with Crippen molar-refractivity contribution in [3.05, 3.63) is 113 Å². The maximum atomic E-state index is 13.0. The number of benzene rings is 3. The van der Waals surface area contributed by atoms with Crippen LogP contribution in [0.5, 0.6) is 0 Å². The van der Waals surface area contributed by atoms with Crippen molar-refractivity contribution < 1.29 is 9.90 Å². The van der Waals surface area contributed by atoms with Gasteiger partial charge in [-0.1, -0.05) is 67.6 Å². The van der Waals surface area contributed by atoms with Crippen molar-refractivity contribution in [1.82, 2.24) is 19.5 Å². The second-order valence-electron chi connectivity index (χ2n) is 8.39. The number of nitrogens with zero attached hydrogens (tertiary/aromatic N) is 3. The van der Waals surface area contributed by atoms with Crippen LogP contribution in [-0.2, 0) is 18.6 Å². The van der Waals surface area contributed by atoms with Gasteiger partial charge in [-0.05, 0) is 42.7 Å². The average molecular weight is 466 g/mol. The number of hydrogen-bond donors (Lipinski definition) is 3. The third kappa shape index (κ3) is 4.00. The van der Waals surface area contributed by atoms with Crippen LogP contribution in [0.3, 0.4) is 0 Å². The highest BCUT2D eigenvalue weighted by Crippen LogP contribution is 2.37. The van der Waals surface area contributed by atoms with Crippen molar-refractivity contribution in [2.45, 2.75) is 32.4 Å². The van der Waals surface area contributed by atoms with Crippen molar-refractivity contribution in [3.63, 3.8) is 0 Å². The van der Waals surface area contributed by atoms with Gasteiger partial charge in [-0.2, -0.15) is 0 Å². The predicted octanol–water partition coefficient (Wildman–Crippen LogP) is 4.88. The molecule has 0 unspecified atom stereocenters. The van der Waals surface area contributed by atoms with Crippen LogP contribution >= 0.6 is 0 Å². The number of aromatic amines is 1. The molecule has 0 spiro atoms. The Morgan fingerprint density at radius 2 is 1.66 bits per heavy atom. The Morgan fingerprint density at radius 1 is 1.00 bits per heavy atom. The number of imidazole rings is 2. The van der Waals surface area contributed by atoms with E-state index in [1.165, 1.54) is 0 Å². The second-order valence-corrected chi connectivity index (χ2v) is 8.39. The number of aliphatic hydroxyl groups is 1. The molecule has 0 bridgehead atoms. The van der Waals surface area contributed by atoms with E-state index in [2.05, 4.69) is 15.3 Å². The van der Waals surface area contributed by atoms with Gasteiger partial charge in [0.2, 0.25) is 5.95 Å². The van der Waals surface area contributed by atoms with Gasteiger partial charge in [-0.25, -0.2) is 9.97 Å². The molecule has 35 heavy (non-hydrogen) atoms. The summed E-state index contributed by atoms with van der Waals surface area (Å²) in [6.07, 6.45) is 2.52. The number of carbonyl (C=O) groups is 1. The number of carbonyl (C=O) groups excluding carboxylic acids is 1. The standard InChI is InChI=1S/C28H27N5O2/c1-3-22-18-29-27(30-22)32-25(34)19-15-16-23-24(17-19)33(4-2)26(31-23)28(35,20-11-7-5-8-12-20)21-13-9-6-10-14-21/h5-18,35H,3-4H2,1-2H3,(H2,29,30,32,34). The molecule has 0 aliphatic rings. The summed E-state index contributed by atoms with van der Waals surface area (Å²) < 4.78 is 1.97. The van der Waals surface area contributed by atoms with Crippen LogP contribution in [0.2, 0.25) is 0 Å². The monoisotopic (exact) mass is 465 g/mol. The summed E-state index contributed by atoms with van der Waals surface area (Å²) in [5, 5.41) is 15.1. The van der Waals surface area contributed by atoms with Crippen molar-refractivity contribution in [2.75, 3.05) is 5.32 Å². The van der Waals surface area contributed by atoms with Gasteiger partial charge in [-0.15, -0.1) is 0 Å². The van der Waals surface area contributed by atoms with E-state index in [0.717, 1.165) is 28.8 Å². The zero-order chi connectivity index (χ0) is 24.4. The quantitative estimate of drug-likeness (QED) is 0.319. The van der Waals surface area contributed by atoms with Gasteiger partial charge in [0.1, 0.15) is 0 Å². The molecule has 0 aliphatic heterocycles. The lowest BCUT2D eigenvalue weighted by Crippen LogP contribution is -2.32. The number of anilines is 1. The molecular formula is C28H27N5O2. The smallest absolute Gasteiger partial charge is 0.258 e. The van der Waals surface area contributed by atoms with Crippen LogP contribution in [0, 0.1) is 0 Å². The molecule has 7 heteroatoms. The van der Waals surface area contributed by atoms with Gasteiger partial charge in [0, 0.05) is 17.8 Å². The molecule has 5 rings (SSSR count). The van der Waals surface area contributed by atoms with Gasteiger partial charge in [-0.3, -0.25) is 10.1 Å². The molecule has 176 valence electrons. The summed E-state index contributed by atoms with van der Waals surface area (Å²) in [4.78, 5) is 25.1. The van der Waals surface area contributed by atoms with E-state index >= 15 is 0 Å². The molecule has 0 fully saturated rings. The molecule has 1 amide bonds. The Hall–Kier alpha value is -4.23. The number of fused-ring (bicyclic) bond motifs is 1. The summed E-state index contributed by atoms with van der Waals surface area (Å²) >= 11 is 0. The fourth-order valence-corrected chi connectivity index (χ4v) is 4.43. The minimum Gasteiger partial charge on any atom is -0.373 e. The minimum absolute atomic E-state index is 0.268. The predicted molar refractivity (Wildman–Crippen MR) is 136 cm³/mol. The summed E-state index contributed by atoms with van der Waals surface area (Å²) in [6.45, 7) is 4.59. The van der Waals surface area contributed by atoms with Crippen LogP contribution in [0.25, 0.3) is 11.0 Å². The zero-order valence-corrected chi connectivity index (χ0v) is 19.7. The zero-order valence-electron chi connectivity index (χ0n) is 19.7. The maximum Gasteiger partial charge on any atom is 0.258 e. The molecule has 3 N–H and O–H groups in total. The molecule has 0 radical (unpaired) electrons. The SMILES string of the molecule is CCc1cnc(NC(=O)c2ccc3nc(C(O)(c4ccccc4)c4ccccc4)n(CC)c3c2)[nH]1. The molecule has 2 aromatic heterocycles. The van der Waals surface area contributed by atoms with E-state index in [1.807, 2.05) is 91.2 Å². The van der Waals surface area contributed by atoms with Crippen LogP contribution < -0.4 is 5.32 Å². The van der Waals surface area contributed by atoms with E-state index in [1.54, 1.807) is 12.3 Å². The Balaban J connectivity index is 1.62. The van der Waals surface area contributed by atoms with Crippen molar-refractivity contribution >= 4 is 22.9 Å². The lowest BCUT2D eigenvalue weighted by molar-refractivity contribution is 0.102. The lowest BCUT2D eigenvalue weighted by atomic mass is 9.85. The van der Waals surface area contributed by atoms with Crippen LogP contribution in [0.4, 0.5) is 5.95 Å². The Labute approximate surface area is 203 Å². The Bertz CT molecular complexity index is 1430. The average Bonchev–Trinajstić information content (AvgIpc) is 3.53. The molecule has 2 heterocycles. The molecule has 5 aromatic rings. The van der Waals surface area contributed by atoms with Crippen LogP contribution in [0.15, 0.2) is 85.1 Å². The molecular weight excluding hydrogens is 438 g/mol. The first kappa shape index (κ1) is 22.6. The normalized spacial score (nSPS) is 11.6. The Kier molecular flexibility index (Phi) is 5.93. The van der Waals surface area contributed by atoms with Gasteiger partial charge in [0.05, 0.1) is 17.2 Å². The third-order valence-corrected chi connectivity index (χ3v) is 6.27. The molecule has 0 atom stereocenters. The molecule has 7 nitrogen and oxygen atoms in total. The Morgan fingerprint density at radius 3 is 2.23 bits per heavy atom. The van der Waals surface area contributed by atoms with Gasteiger partial charge >= 0.3 is 0 Å². The summed E-state index contributed by atoms with van der Waals surface area (Å²) in [7, 11) is 0. The summed E-state index contributed by atoms with van der Waals surface area (Å²) in [5.41, 5.74) is 2.88. The summed E-state index contributed by atoms with van der Waals surface area (Å²) in [5.74, 6) is 0.651. The third-order valence-electron chi connectivity index (χ3n) is 6.27. The van der Waals surface area contributed by atoms with Crippen molar-refractivity contribution in [3.8, 4) is 0 Å². The van der Waals surface area contributed by atoms with E-state index < -0.39 is 5.60 Å². The number of H-pyrrole nitrogens is 1. The minimum atomic E-state index is -1.47. The first-order chi connectivity index (χ1) is 17.0. The number of amides is 1. The summed E-state index contributed by atoms with van der Waals surface area (Å²) in [6, 6.07) is 24.4. The second kappa shape index (κ2) is 9.19. The fraction of sp³-hybridized carbons (Fsp3) is 0.179. The number of nitrogens with one attached hydrogen (secondary N) is 2. The molecule has 3 aromatic carbocycles. The topological polar surface area (TPSA) is 95.8 Å². The first-order valence-corrected chi connectivity index (χ1v) is 11.7. The number of hydrogen-bond acceptors (Lipinski definition) is 4. The number of aromatic nitrogens is 4.